The van der Waals surface area contributed by atoms with Gasteiger partial charge in [0.15, 0.2) is 0 Å². The standard InChI is InChI=1S/C13H18N2O2S/c1-13(2,3)18(16,17)15-12-8-4-6-11(10-12)7-5-9-14/h4,6,8,10,15H,9,14H2,1-3H3. The van der Waals surface area contributed by atoms with Crippen LogP contribution >= 0.6 is 0 Å². The molecule has 0 bridgehead atoms. The summed E-state index contributed by atoms with van der Waals surface area (Å²) in [6.07, 6.45) is 0. The van der Waals surface area contributed by atoms with Gasteiger partial charge in [0.1, 0.15) is 0 Å². The molecule has 0 aliphatic heterocycles. The highest BCUT2D eigenvalue weighted by atomic mass is 32.2. The summed E-state index contributed by atoms with van der Waals surface area (Å²) in [5.74, 6) is 5.58. The summed E-state index contributed by atoms with van der Waals surface area (Å²) in [6, 6.07) is 6.93. The van der Waals surface area contributed by atoms with E-state index in [-0.39, 0.29) is 6.54 Å². The minimum Gasteiger partial charge on any atom is -0.320 e. The molecule has 0 heterocycles. The van der Waals surface area contributed by atoms with Crippen LogP contribution in [0.3, 0.4) is 0 Å². The Bertz CT molecular complexity index is 575. The first-order valence-electron chi connectivity index (χ1n) is 5.57. The average Bonchev–Trinajstić information content (AvgIpc) is 2.24. The minimum atomic E-state index is -3.41. The van der Waals surface area contributed by atoms with Gasteiger partial charge in [0.25, 0.3) is 0 Å². The fourth-order valence-corrected chi connectivity index (χ4v) is 1.87. The van der Waals surface area contributed by atoms with Crippen LogP contribution in [0.4, 0.5) is 5.69 Å². The predicted molar refractivity (Wildman–Crippen MR) is 74.7 cm³/mol. The van der Waals surface area contributed by atoms with Crippen molar-refractivity contribution in [2.45, 2.75) is 25.5 Å². The van der Waals surface area contributed by atoms with Gasteiger partial charge >= 0.3 is 0 Å². The van der Waals surface area contributed by atoms with Gasteiger partial charge in [-0.3, -0.25) is 4.72 Å². The topological polar surface area (TPSA) is 72.2 Å². The molecule has 0 unspecified atom stereocenters. The summed E-state index contributed by atoms with van der Waals surface area (Å²) in [5.41, 5.74) is 6.53. The van der Waals surface area contributed by atoms with E-state index in [0.29, 0.717) is 5.69 Å². The Hall–Kier alpha value is -1.51. The van der Waals surface area contributed by atoms with E-state index >= 15 is 0 Å². The lowest BCUT2D eigenvalue weighted by atomic mass is 10.2. The molecular weight excluding hydrogens is 248 g/mol. The highest BCUT2D eigenvalue weighted by molar-refractivity contribution is 7.94. The van der Waals surface area contributed by atoms with Crippen LogP contribution < -0.4 is 10.5 Å². The molecule has 0 radical (unpaired) electrons. The number of benzene rings is 1. The Morgan fingerprint density at radius 1 is 1.33 bits per heavy atom. The zero-order valence-corrected chi connectivity index (χ0v) is 11.6. The Labute approximate surface area is 109 Å². The number of anilines is 1. The zero-order chi connectivity index (χ0) is 13.8. The Kier molecular flexibility index (Phi) is 4.38. The van der Waals surface area contributed by atoms with Crippen LogP contribution in [0, 0.1) is 11.8 Å². The van der Waals surface area contributed by atoms with Crippen molar-refractivity contribution in [3.05, 3.63) is 29.8 Å². The normalized spacial score (nSPS) is 11.6. The second-order valence-electron chi connectivity index (χ2n) is 4.80. The van der Waals surface area contributed by atoms with Crippen LogP contribution in [0.15, 0.2) is 24.3 Å². The van der Waals surface area contributed by atoms with Crippen molar-refractivity contribution in [2.24, 2.45) is 5.73 Å². The van der Waals surface area contributed by atoms with E-state index in [2.05, 4.69) is 16.6 Å². The van der Waals surface area contributed by atoms with E-state index in [9.17, 15) is 8.42 Å². The smallest absolute Gasteiger partial charge is 0.237 e. The number of hydrogen-bond donors (Lipinski definition) is 2. The van der Waals surface area contributed by atoms with Gasteiger partial charge < -0.3 is 5.73 Å². The molecule has 0 saturated carbocycles. The second kappa shape index (κ2) is 5.42. The molecule has 1 rings (SSSR count). The third-order valence-corrected chi connectivity index (χ3v) is 4.37. The molecule has 18 heavy (non-hydrogen) atoms. The Morgan fingerprint density at radius 3 is 2.56 bits per heavy atom. The van der Waals surface area contributed by atoms with Crippen molar-refractivity contribution < 1.29 is 8.42 Å². The molecule has 0 saturated heterocycles. The van der Waals surface area contributed by atoms with Gasteiger partial charge in [-0.15, -0.1) is 0 Å². The monoisotopic (exact) mass is 266 g/mol. The van der Waals surface area contributed by atoms with Gasteiger partial charge in [-0.05, 0) is 39.0 Å². The first-order valence-corrected chi connectivity index (χ1v) is 7.06. The van der Waals surface area contributed by atoms with Crippen LogP contribution in [0.25, 0.3) is 0 Å². The lowest BCUT2D eigenvalue weighted by Gasteiger charge is -2.20. The maximum absolute atomic E-state index is 12.0. The summed E-state index contributed by atoms with van der Waals surface area (Å²) in [7, 11) is -3.41. The molecule has 0 spiro atoms. The van der Waals surface area contributed by atoms with E-state index in [1.165, 1.54) is 0 Å². The third-order valence-electron chi connectivity index (χ3n) is 2.26. The maximum atomic E-state index is 12.0. The highest BCUT2D eigenvalue weighted by Crippen LogP contribution is 2.19. The third kappa shape index (κ3) is 3.76. The van der Waals surface area contributed by atoms with E-state index in [0.717, 1.165) is 5.56 Å². The molecule has 0 fully saturated rings. The molecule has 4 nitrogen and oxygen atoms in total. The van der Waals surface area contributed by atoms with Crippen LogP contribution in [0.2, 0.25) is 0 Å². The van der Waals surface area contributed by atoms with Crippen LogP contribution in [-0.2, 0) is 10.0 Å². The molecular formula is C13H18N2O2S. The van der Waals surface area contributed by atoms with Crippen molar-refractivity contribution in [1.29, 1.82) is 0 Å². The number of rotatable bonds is 2. The zero-order valence-electron chi connectivity index (χ0n) is 10.8. The van der Waals surface area contributed by atoms with Gasteiger partial charge in [0, 0.05) is 11.3 Å². The molecule has 0 aromatic heterocycles. The summed E-state index contributed by atoms with van der Waals surface area (Å²) in [4.78, 5) is 0. The van der Waals surface area contributed by atoms with E-state index in [1.807, 2.05) is 0 Å². The van der Waals surface area contributed by atoms with Crippen LogP contribution in [-0.4, -0.2) is 19.7 Å². The van der Waals surface area contributed by atoms with Crippen molar-refractivity contribution in [3.8, 4) is 11.8 Å². The second-order valence-corrected chi connectivity index (χ2v) is 7.24. The van der Waals surface area contributed by atoms with Crippen LogP contribution in [0.1, 0.15) is 26.3 Å². The Morgan fingerprint density at radius 2 is 2.00 bits per heavy atom. The fraction of sp³-hybridized carbons (Fsp3) is 0.385. The molecule has 0 aliphatic rings. The van der Waals surface area contributed by atoms with Crippen molar-refractivity contribution in [3.63, 3.8) is 0 Å². The molecule has 0 aliphatic carbocycles. The summed E-state index contributed by atoms with van der Waals surface area (Å²) in [6.45, 7) is 5.21. The lowest BCUT2D eigenvalue weighted by molar-refractivity contribution is 0.566. The van der Waals surface area contributed by atoms with Crippen molar-refractivity contribution in [1.82, 2.24) is 0 Å². The Balaban J connectivity index is 3.00. The highest BCUT2D eigenvalue weighted by Gasteiger charge is 2.28. The first kappa shape index (κ1) is 14.6. The van der Waals surface area contributed by atoms with Crippen LogP contribution in [0.5, 0.6) is 0 Å². The molecule has 0 amide bonds. The molecule has 1 aromatic rings. The lowest BCUT2D eigenvalue weighted by Crippen LogP contribution is -2.33. The van der Waals surface area contributed by atoms with Gasteiger partial charge in [0.2, 0.25) is 10.0 Å². The molecule has 0 atom stereocenters. The minimum absolute atomic E-state index is 0.276. The van der Waals surface area contributed by atoms with E-state index in [4.69, 9.17) is 5.73 Å². The first-order chi connectivity index (χ1) is 8.26. The molecule has 98 valence electrons. The van der Waals surface area contributed by atoms with Gasteiger partial charge in [-0.25, -0.2) is 8.42 Å². The maximum Gasteiger partial charge on any atom is 0.237 e. The number of nitrogens with two attached hydrogens (primary N) is 1. The van der Waals surface area contributed by atoms with Gasteiger partial charge in [0.05, 0.1) is 11.3 Å². The van der Waals surface area contributed by atoms with Crippen molar-refractivity contribution >= 4 is 15.7 Å². The predicted octanol–water partition coefficient (Wildman–Crippen LogP) is 1.54. The summed E-state index contributed by atoms with van der Waals surface area (Å²) < 4.78 is 25.7. The largest absolute Gasteiger partial charge is 0.320 e. The van der Waals surface area contributed by atoms with Crippen molar-refractivity contribution in [2.75, 3.05) is 11.3 Å². The molecule has 1 aromatic carbocycles. The van der Waals surface area contributed by atoms with E-state index < -0.39 is 14.8 Å². The molecule has 3 N–H and O–H groups in total. The number of sulfonamides is 1. The molecule has 5 heteroatoms. The quantitative estimate of drug-likeness (QED) is 0.797. The van der Waals surface area contributed by atoms with Gasteiger partial charge in [-0.2, -0.15) is 0 Å². The SMILES string of the molecule is CC(C)(C)S(=O)(=O)Nc1cccc(C#CCN)c1. The fourth-order valence-electron chi connectivity index (χ4n) is 1.12. The summed E-state index contributed by atoms with van der Waals surface area (Å²) >= 11 is 0. The number of hydrogen-bond acceptors (Lipinski definition) is 3. The van der Waals surface area contributed by atoms with Gasteiger partial charge in [-0.1, -0.05) is 17.9 Å². The number of nitrogens with one attached hydrogen (secondary N) is 1. The van der Waals surface area contributed by atoms with E-state index in [1.54, 1.807) is 45.0 Å². The summed E-state index contributed by atoms with van der Waals surface area (Å²) in [5, 5.41) is 0. The average molecular weight is 266 g/mol.